The number of rotatable bonds is 3. The van der Waals surface area contributed by atoms with E-state index in [2.05, 4.69) is 10.3 Å². The van der Waals surface area contributed by atoms with E-state index in [9.17, 15) is 18.0 Å². The van der Waals surface area contributed by atoms with Gasteiger partial charge in [-0.2, -0.15) is 13.2 Å². The van der Waals surface area contributed by atoms with Crippen LogP contribution in [0.5, 0.6) is 0 Å². The summed E-state index contributed by atoms with van der Waals surface area (Å²) in [6.45, 7) is 3.57. The van der Waals surface area contributed by atoms with Crippen molar-refractivity contribution in [3.05, 3.63) is 70.4 Å². The van der Waals surface area contributed by atoms with Crippen LogP contribution in [0, 0.1) is 13.8 Å². The lowest BCUT2D eigenvalue weighted by Crippen LogP contribution is -2.11. The van der Waals surface area contributed by atoms with Gasteiger partial charge in [0, 0.05) is 23.0 Å². The molecular weight excluding hydrogens is 361 g/mol. The third kappa shape index (κ3) is 3.77. The molecule has 0 fully saturated rings. The molecule has 0 saturated carbocycles. The number of amides is 1. The molecule has 0 saturated heterocycles. The van der Waals surface area contributed by atoms with Crippen molar-refractivity contribution in [1.82, 2.24) is 4.98 Å². The van der Waals surface area contributed by atoms with E-state index in [4.69, 9.17) is 0 Å². The first-order valence-electron chi connectivity index (χ1n) is 7.76. The molecule has 1 aromatic carbocycles. The minimum atomic E-state index is -4.40. The van der Waals surface area contributed by atoms with Crippen molar-refractivity contribution in [1.29, 1.82) is 0 Å². The summed E-state index contributed by atoms with van der Waals surface area (Å²) in [7, 11) is 0. The average molecular weight is 376 g/mol. The van der Waals surface area contributed by atoms with E-state index in [0.29, 0.717) is 21.0 Å². The summed E-state index contributed by atoms with van der Waals surface area (Å²) in [6, 6.07) is 8.60. The first-order valence-corrected chi connectivity index (χ1v) is 8.57. The molecule has 2 heterocycles. The summed E-state index contributed by atoms with van der Waals surface area (Å²) in [4.78, 5) is 17.4. The zero-order valence-electron chi connectivity index (χ0n) is 14.0. The minimum Gasteiger partial charge on any atom is -0.321 e. The fourth-order valence-electron chi connectivity index (χ4n) is 2.47. The van der Waals surface area contributed by atoms with Crippen molar-refractivity contribution in [2.45, 2.75) is 20.0 Å². The first kappa shape index (κ1) is 18.1. The number of aromatic nitrogens is 1. The zero-order chi connectivity index (χ0) is 18.9. The van der Waals surface area contributed by atoms with Gasteiger partial charge < -0.3 is 5.32 Å². The van der Waals surface area contributed by atoms with Gasteiger partial charge in [0.1, 0.15) is 0 Å². The van der Waals surface area contributed by atoms with Crippen molar-refractivity contribution in [2.75, 3.05) is 5.32 Å². The smallest absolute Gasteiger partial charge is 0.321 e. The summed E-state index contributed by atoms with van der Waals surface area (Å²) in [5, 5.41) is 2.79. The van der Waals surface area contributed by atoms with Crippen LogP contribution in [-0.4, -0.2) is 10.9 Å². The molecule has 3 rings (SSSR count). The number of carbonyl (C=O) groups is 1. The molecule has 0 radical (unpaired) electrons. The maximum absolute atomic E-state index is 13.0. The number of nitrogens with one attached hydrogen (secondary N) is 1. The molecule has 0 aliphatic heterocycles. The predicted molar refractivity (Wildman–Crippen MR) is 96.4 cm³/mol. The fraction of sp³-hybridized carbons (Fsp3) is 0.158. The Kier molecular flexibility index (Phi) is 4.82. The zero-order valence-corrected chi connectivity index (χ0v) is 14.8. The second-order valence-corrected chi connectivity index (χ2v) is 6.92. The second-order valence-electron chi connectivity index (χ2n) is 5.84. The largest absolute Gasteiger partial charge is 0.416 e. The molecule has 0 bridgehead atoms. The number of anilines is 1. The highest BCUT2D eigenvalue weighted by molar-refractivity contribution is 7.17. The lowest BCUT2D eigenvalue weighted by Gasteiger charge is -2.10. The first-order chi connectivity index (χ1) is 12.3. The number of alkyl halides is 3. The SMILES string of the molecule is Cc1cnccc1NC(=O)c1ccc(-c2cc(C(F)(F)F)ccc2C)s1. The summed E-state index contributed by atoms with van der Waals surface area (Å²) in [5.74, 6) is -0.305. The maximum atomic E-state index is 13.0. The highest BCUT2D eigenvalue weighted by Crippen LogP contribution is 2.36. The van der Waals surface area contributed by atoms with Crippen LogP contribution < -0.4 is 5.32 Å². The molecule has 1 N–H and O–H groups in total. The molecule has 2 aromatic heterocycles. The van der Waals surface area contributed by atoms with E-state index >= 15 is 0 Å². The Bertz CT molecular complexity index is 963. The number of thiophene rings is 1. The molecule has 26 heavy (non-hydrogen) atoms. The van der Waals surface area contributed by atoms with Crippen molar-refractivity contribution in [2.24, 2.45) is 0 Å². The summed E-state index contributed by atoms with van der Waals surface area (Å²) < 4.78 is 38.9. The van der Waals surface area contributed by atoms with E-state index in [-0.39, 0.29) is 5.91 Å². The molecule has 1 amide bonds. The van der Waals surface area contributed by atoms with Gasteiger partial charge in [-0.1, -0.05) is 6.07 Å². The van der Waals surface area contributed by atoms with Crippen molar-refractivity contribution in [3.63, 3.8) is 0 Å². The van der Waals surface area contributed by atoms with Crippen molar-refractivity contribution in [3.8, 4) is 10.4 Å². The summed E-state index contributed by atoms with van der Waals surface area (Å²) in [6.07, 6.45) is -1.19. The summed E-state index contributed by atoms with van der Waals surface area (Å²) in [5.41, 5.74) is 1.97. The maximum Gasteiger partial charge on any atom is 0.416 e. The van der Waals surface area contributed by atoms with Gasteiger partial charge in [-0.25, -0.2) is 0 Å². The Balaban J connectivity index is 1.88. The highest BCUT2D eigenvalue weighted by atomic mass is 32.1. The summed E-state index contributed by atoms with van der Waals surface area (Å²) >= 11 is 1.16. The molecule has 0 aliphatic carbocycles. The van der Waals surface area contributed by atoms with E-state index in [1.54, 1.807) is 37.5 Å². The molecule has 0 unspecified atom stereocenters. The van der Waals surface area contributed by atoms with E-state index in [1.165, 1.54) is 6.07 Å². The van der Waals surface area contributed by atoms with E-state index < -0.39 is 11.7 Å². The molecule has 134 valence electrons. The van der Waals surface area contributed by atoms with Gasteiger partial charge in [0.2, 0.25) is 0 Å². The number of hydrogen-bond acceptors (Lipinski definition) is 3. The van der Waals surface area contributed by atoms with Crippen LogP contribution >= 0.6 is 11.3 Å². The quantitative estimate of drug-likeness (QED) is 0.637. The number of benzene rings is 1. The molecule has 0 spiro atoms. The lowest BCUT2D eigenvalue weighted by atomic mass is 10.0. The average Bonchev–Trinajstić information content (AvgIpc) is 3.06. The molecular formula is C19H15F3N2OS. The van der Waals surface area contributed by atoms with Gasteiger partial charge in [0.05, 0.1) is 10.4 Å². The van der Waals surface area contributed by atoms with Crippen LogP contribution in [0.2, 0.25) is 0 Å². The van der Waals surface area contributed by atoms with Gasteiger partial charge >= 0.3 is 6.18 Å². The topological polar surface area (TPSA) is 42.0 Å². The Morgan fingerprint density at radius 3 is 2.54 bits per heavy atom. The van der Waals surface area contributed by atoms with Gasteiger partial charge in [-0.05, 0) is 60.9 Å². The molecule has 7 heteroatoms. The third-order valence-electron chi connectivity index (χ3n) is 3.93. The van der Waals surface area contributed by atoms with Crippen molar-refractivity contribution >= 4 is 22.9 Å². The third-order valence-corrected chi connectivity index (χ3v) is 5.05. The monoisotopic (exact) mass is 376 g/mol. The Morgan fingerprint density at radius 2 is 1.85 bits per heavy atom. The van der Waals surface area contributed by atoms with Crippen LogP contribution in [0.3, 0.4) is 0 Å². The number of hydrogen-bond donors (Lipinski definition) is 1. The van der Waals surface area contributed by atoms with Crippen LogP contribution in [0.15, 0.2) is 48.8 Å². The number of aryl methyl sites for hydroxylation is 2. The van der Waals surface area contributed by atoms with Gasteiger partial charge in [-0.15, -0.1) is 11.3 Å². The lowest BCUT2D eigenvalue weighted by molar-refractivity contribution is -0.137. The van der Waals surface area contributed by atoms with Gasteiger partial charge in [0.15, 0.2) is 0 Å². The molecule has 3 aromatic rings. The van der Waals surface area contributed by atoms with Crippen molar-refractivity contribution < 1.29 is 18.0 Å². The van der Waals surface area contributed by atoms with Crippen LogP contribution in [0.25, 0.3) is 10.4 Å². The van der Waals surface area contributed by atoms with Gasteiger partial charge in [-0.3, -0.25) is 9.78 Å². The fourth-order valence-corrected chi connectivity index (χ4v) is 3.45. The Morgan fingerprint density at radius 1 is 1.08 bits per heavy atom. The molecule has 3 nitrogen and oxygen atoms in total. The molecule has 0 aliphatic rings. The minimum absolute atomic E-state index is 0.305. The standard InChI is InChI=1S/C19H15F3N2OS/c1-11-3-4-13(19(20,21)22)9-14(11)16-5-6-17(26-16)18(25)24-15-7-8-23-10-12(15)2/h3-10H,1-2H3,(H,23,24,25). The number of nitrogens with zero attached hydrogens (tertiary/aromatic N) is 1. The van der Waals surface area contributed by atoms with Crippen LogP contribution in [0.4, 0.5) is 18.9 Å². The predicted octanol–water partition coefficient (Wildman–Crippen LogP) is 5.70. The Hall–Kier alpha value is -2.67. The number of halogens is 3. The number of pyridine rings is 1. The van der Waals surface area contributed by atoms with E-state index in [0.717, 1.165) is 34.6 Å². The number of carbonyl (C=O) groups excluding carboxylic acids is 1. The normalized spacial score (nSPS) is 11.4. The molecule has 0 atom stereocenters. The second kappa shape index (κ2) is 6.92. The van der Waals surface area contributed by atoms with Crippen LogP contribution in [-0.2, 0) is 6.18 Å². The van der Waals surface area contributed by atoms with Crippen LogP contribution in [0.1, 0.15) is 26.4 Å². The Labute approximate surface area is 152 Å². The van der Waals surface area contributed by atoms with Gasteiger partial charge in [0.25, 0.3) is 5.91 Å². The van der Waals surface area contributed by atoms with E-state index in [1.807, 2.05) is 6.92 Å². The highest BCUT2D eigenvalue weighted by Gasteiger charge is 2.31.